The van der Waals surface area contributed by atoms with E-state index in [9.17, 15) is 0 Å². The lowest BCUT2D eigenvalue weighted by atomic mass is 10.1. The standard InChI is InChI=1S/C16H22N4O/c1-12-5-7-13(8-6-12)16-18-15(21-19-16)11-20(2)14-4-3-9-17-10-14/h5-8,14,17H,3-4,9-11H2,1-2H3. The quantitative estimate of drug-likeness (QED) is 0.934. The third-order valence-electron chi connectivity index (χ3n) is 4.06. The SMILES string of the molecule is Cc1ccc(-c2noc(CN(C)C3CCCNC3)n2)cc1. The molecule has 2 aromatic rings. The molecule has 1 atom stereocenters. The molecule has 0 bridgehead atoms. The molecule has 1 saturated heterocycles. The first-order valence-electron chi connectivity index (χ1n) is 7.53. The first-order valence-corrected chi connectivity index (χ1v) is 7.53. The van der Waals surface area contributed by atoms with Gasteiger partial charge < -0.3 is 9.84 Å². The van der Waals surface area contributed by atoms with E-state index in [-0.39, 0.29) is 0 Å². The number of rotatable bonds is 4. The van der Waals surface area contributed by atoms with Crippen LogP contribution < -0.4 is 5.32 Å². The minimum atomic E-state index is 0.550. The van der Waals surface area contributed by atoms with Gasteiger partial charge in [-0.3, -0.25) is 4.90 Å². The van der Waals surface area contributed by atoms with Crippen LogP contribution >= 0.6 is 0 Å². The van der Waals surface area contributed by atoms with Crippen LogP contribution in [0.3, 0.4) is 0 Å². The molecule has 1 unspecified atom stereocenters. The maximum Gasteiger partial charge on any atom is 0.241 e. The average Bonchev–Trinajstić information content (AvgIpc) is 2.97. The van der Waals surface area contributed by atoms with Crippen molar-refractivity contribution in [3.63, 3.8) is 0 Å². The summed E-state index contributed by atoms with van der Waals surface area (Å²) in [6.07, 6.45) is 2.45. The molecule has 5 heteroatoms. The van der Waals surface area contributed by atoms with Crippen LogP contribution in [-0.4, -0.2) is 41.2 Å². The minimum Gasteiger partial charge on any atom is -0.338 e. The predicted molar refractivity (Wildman–Crippen MR) is 81.8 cm³/mol. The van der Waals surface area contributed by atoms with Crippen molar-refractivity contribution in [1.29, 1.82) is 0 Å². The Morgan fingerprint density at radius 2 is 2.14 bits per heavy atom. The highest BCUT2D eigenvalue weighted by Gasteiger charge is 2.20. The molecule has 1 aromatic heterocycles. The second-order valence-electron chi connectivity index (χ2n) is 5.79. The van der Waals surface area contributed by atoms with E-state index in [1.807, 2.05) is 12.1 Å². The Labute approximate surface area is 125 Å². The Balaban J connectivity index is 1.65. The van der Waals surface area contributed by atoms with Crippen molar-refractivity contribution in [3.05, 3.63) is 35.7 Å². The molecule has 3 rings (SSSR count). The molecule has 2 heterocycles. The largest absolute Gasteiger partial charge is 0.338 e. The number of hydrogen-bond donors (Lipinski definition) is 1. The van der Waals surface area contributed by atoms with E-state index in [4.69, 9.17) is 4.52 Å². The number of nitrogens with one attached hydrogen (secondary N) is 1. The van der Waals surface area contributed by atoms with E-state index in [1.54, 1.807) is 0 Å². The molecule has 0 aliphatic carbocycles. The molecule has 5 nitrogen and oxygen atoms in total. The van der Waals surface area contributed by atoms with Crippen LogP contribution in [0.4, 0.5) is 0 Å². The van der Waals surface area contributed by atoms with Gasteiger partial charge in [0.2, 0.25) is 11.7 Å². The lowest BCUT2D eigenvalue weighted by Crippen LogP contribution is -2.43. The van der Waals surface area contributed by atoms with Crippen molar-refractivity contribution in [2.24, 2.45) is 0 Å². The Hall–Kier alpha value is -1.72. The second-order valence-corrected chi connectivity index (χ2v) is 5.79. The summed E-state index contributed by atoms with van der Waals surface area (Å²) in [6.45, 7) is 4.93. The van der Waals surface area contributed by atoms with Gasteiger partial charge in [-0.15, -0.1) is 0 Å². The average molecular weight is 286 g/mol. The molecule has 1 aromatic carbocycles. The summed E-state index contributed by atoms with van der Waals surface area (Å²) in [6, 6.07) is 8.72. The molecule has 1 fully saturated rings. The monoisotopic (exact) mass is 286 g/mol. The smallest absolute Gasteiger partial charge is 0.241 e. The Morgan fingerprint density at radius 1 is 1.33 bits per heavy atom. The van der Waals surface area contributed by atoms with Crippen LogP contribution in [0.5, 0.6) is 0 Å². The molecule has 112 valence electrons. The van der Waals surface area contributed by atoms with Gasteiger partial charge in [0, 0.05) is 18.2 Å². The van der Waals surface area contributed by atoms with Crippen molar-refractivity contribution in [3.8, 4) is 11.4 Å². The van der Waals surface area contributed by atoms with Crippen LogP contribution in [0.1, 0.15) is 24.3 Å². The molecule has 1 N–H and O–H groups in total. The van der Waals surface area contributed by atoms with Crippen molar-refractivity contribution in [2.45, 2.75) is 32.4 Å². The summed E-state index contributed by atoms with van der Waals surface area (Å²) in [5, 5.41) is 7.52. The van der Waals surface area contributed by atoms with Gasteiger partial charge in [0.15, 0.2) is 0 Å². The van der Waals surface area contributed by atoms with Gasteiger partial charge in [-0.05, 0) is 33.4 Å². The molecule has 0 saturated carbocycles. The summed E-state index contributed by atoms with van der Waals surface area (Å²) in [4.78, 5) is 6.80. The van der Waals surface area contributed by atoms with Crippen LogP contribution in [0.25, 0.3) is 11.4 Å². The van der Waals surface area contributed by atoms with Gasteiger partial charge in [-0.2, -0.15) is 4.98 Å². The van der Waals surface area contributed by atoms with E-state index in [2.05, 4.69) is 46.5 Å². The van der Waals surface area contributed by atoms with E-state index in [1.165, 1.54) is 18.4 Å². The highest BCUT2D eigenvalue weighted by Crippen LogP contribution is 2.18. The number of likely N-dealkylation sites (N-methyl/N-ethyl adjacent to an activating group) is 1. The third-order valence-corrected chi connectivity index (χ3v) is 4.06. The lowest BCUT2D eigenvalue weighted by molar-refractivity contribution is 0.174. The van der Waals surface area contributed by atoms with Crippen LogP contribution in [0, 0.1) is 6.92 Å². The van der Waals surface area contributed by atoms with Crippen LogP contribution in [0.2, 0.25) is 0 Å². The minimum absolute atomic E-state index is 0.550. The van der Waals surface area contributed by atoms with Crippen LogP contribution in [-0.2, 0) is 6.54 Å². The van der Waals surface area contributed by atoms with E-state index in [0.29, 0.717) is 24.3 Å². The summed E-state index contributed by atoms with van der Waals surface area (Å²) in [7, 11) is 2.12. The summed E-state index contributed by atoms with van der Waals surface area (Å²) < 4.78 is 5.39. The van der Waals surface area contributed by atoms with Crippen molar-refractivity contribution >= 4 is 0 Å². The zero-order valence-corrected chi connectivity index (χ0v) is 12.7. The number of benzene rings is 1. The summed E-state index contributed by atoms with van der Waals surface area (Å²) in [5.41, 5.74) is 2.23. The highest BCUT2D eigenvalue weighted by atomic mass is 16.5. The normalized spacial score (nSPS) is 19.1. The van der Waals surface area contributed by atoms with Crippen molar-refractivity contribution in [2.75, 3.05) is 20.1 Å². The molecule has 1 aliphatic heterocycles. The summed E-state index contributed by atoms with van der Waals surface area (Å²) in [5.74, 6) is 1.35. The van der Waals surface area contributed by atoms with Gasteiger partial charge in [-0.1, -0.05) is 35.0 Å². The zero-order valence-electron chi connectivity index (χ0n) is 12.7. The van der Waals surface area contributed by atoms with Gasteiger partial charge in [0.05, 0.1) is 6.54 Å². The number of aryl methyl sites for hydroxylation is 1. The number of hydrogen-bond acceptors (Lipinski definition) is 5. The molecule has 1 aliphatic rings. The first-order chi connectivity index (χ1) is 10.2. The molecule has 0 spiro atoms. The number of nitrogens with zero attached hydrogens (tertiary/aromatic N) is 3. The fourth-order valence-corrected chi connectivity index (χ4v) is 2.69. The maximum absolute atomic E-state index is 5.39. The number of piperidine rings is 1. The van der Waals surface area contributed by atoms with Gasteiger partial charge in [-0.25, -0.2) is 0 Å². The van der Waals surface area contributed by atoms with Gasteiger partial charge in [0.1, 0.15) is 0 Å². The van der Waals surface area contributed by atoms with E-state index in [0.717, 1.165) is 18.7 Å². The molecular formula is C16H22N4O. The van der Waals surface area contributed by atoms with Gasteiger partial charge >= 0.3 is 0 Å². The second kappa shape index (κ2) is 6.37. The molecule has 0 radical (unpaired) electrons. The zero-order chi connectivity index (χ0) is 14.7. The summed E-state index contributed by atoms with van der Waals surface area (Å²) >= 11 is 0. The first kappa shape index (κ1) is 14.2. The van der Waals surface area contributed by atoms with Crippen molar-refractivity contribution < 1.29 is 4.52 Å². The maximum atomic E-state index is 5.39. The molecular weight excluding hydrogens is 264 g/mol. The van der Waals surface area contributed by atoms with Crippen molar-refractivity contribution in [1.82, 2.24) is 20.4 Å². The topological polar surface area (TPSA) is 54.2 Å². The lowest BCUT2D eigenvalue weighted by Gasteiger charge is -2.30. The van der Waals surface area contributed by atoms with Crippen LogP contribution in [0.15, 0.2) is 28.8 Å². The third kappa shape index (κ3) is 3.49. The van der Waals surface area contributed by atoms with Gasteiger partial charge in [0.25, 0.3) is 0 Å². The molecule has 0 amide bonds. The Bertz CT molecular complexity index is 572. The molecule has 21 heavy (non-hydrogen) atoms. The van der Waals surface area contributed by atoms with E-state index < -0.39 is 0 Å². The fraction of sp³-hybridized carbons (Fsp3) is 0.500. The highest BCUT2D eigenvalue weighted by molar-refractivity contribution is 5.54. The Kier molecular flexibility index (Phi) is 4.31. The Morgan fingerprint density at radius 3 is 2.86 bits per heavy atom. The fourth-order valence-electron chi connectivity index (χ4n) is 2.69. The predicted octanol–water partition coefficient (Wildman–Crippen LogP) is 2.23. The van der Waals surface area contributed by atoms with E-state index >= 15 is 0 Å². The number of aromatic nitrogens is 2.